The molecule has 0 aliphatic rings. The summed E-state index contributed by atoms with van der Waals surface area (Å²) in [5.41, 5.74) is 0.853. The molecule has 0 bridgehead atoms. The molecule has 0 heterocycles. The lowest BCUT2D eigenvalue weighted by Gasteiger charge is -2.32. The van der Waals surface area contributed by atoms with Crippen LogP contribution in [0.25, 0.3) is 0 Å². The first-order valence-corrected chi connectivity index (χ1v) is 13.5. The molecule has 3 rings (SSSR count). The number of amides is 2. The fraction of sp³-hybridized carbons (Fsp3) is 0.259. The highest BCUT2D eigenvalue weighted by atomic mass is 35.5. The summed E-state index contributed by atoms with van der Waals surface area (Å²) in [6.45, 7) is 4.58. The van der Waals surface area contributed by atoms with Crippen molar-refractivity contribution < 1.29 is 22.4 Å². The van der Waals surface area contributed by atoms with E-state index in [1.807, 2.05) is 0 Å². The van der Waals surface area contributed by atoms with Crippen LogP contribution in [-0.2, 0) is 26.2 Å². The fourth-order valence-corrected chi connectivity index (χ4v) is 5.26. The maximum Gasteiger partial charge on any atom is 0.264 e. The van der Waals surface area contributed by atoms with Crippen LogP contribution < -0.4 is 9.62 Å². The van der Waals surface area contributed by atoms with Crippen LogP contribution in [0.2, 0.25) is 5.02 Å². The summed E-state index contributed by atoms with van der Waals surface area (Å²) in [6, 6.07) is 18.3. The van der Waals surface area contributed by atoms with Crippen LogP contribution in [0.15, 0.2) is 83.8 Å². The van der Waals surface area contributed by atoms with E-state index in [-0.39, 0.29) is 29.1 Å². The average Bonchev–Trinajstić information content (AvgIpc) is 2.86. The first-order chi connectivity index (χ1) is 17.5. The zero-order valence-electron chi connectivity index (χ0n) is 20.8. The third-order valence-electron chi connectivity index (χ3n) is 5.62. The number of sulfonamides is 1. The molecule has 0 spiro atoms. The van der Waals surface area contributed by atoms with E-state index in [2.05, 4.69) is 5.32 Å². The van der Waals surface area contributed by atoms with Gasteiger partial charge in [-0.25, -0.2) is 12.8 Å². The molecule has 196 valence electrons. The Balaban J connectivity index is 2.01. The van der Waals surface area contributed by atoms with Gasteiger partial charge in [-0.05, 0) is 68.8 Å². The number of carbonyl (C=O) groups is 2. The fourth-order valence-electron chi connectivity index (χ4n) is 3.65. The van der Waals surface area contributed by atoms with Gasteiger partial charge in [-0.2, -0.15) is 0 Å². The van der Waals surface area contributed by atoms with Gasteiger partial charge in [-0.1, -0.05) is 48.0 Å². The number of anilines is 1. The average molecular weight is 546 g/mol. The Kier molecular flexibility index (Phi) is 9.29. The zero-order valence-corrected chi connectivity index (χ0v) is 22.3. The minimum absolute atomic E-state index is 0.00951. The van der Waals surface area contributed by atoms with Crippen molar-refractivity contribution in [1.82, 2.24) is 10.2 Å². The lowest BCUT2D eigenvalue weighted by atomic mass is 10.1. The summed E-state index contributed by atoms with van der Waals surface area (Å²) in [5.74, 6) is -1.58. The Morgan fingerprint density at radius 1 is 0.919 bits per heavy atom. The molecule has 0 aromatic heterocycles. The molecule has 37 heavy (non-hydrogen) atoms. The molecular formula is C27H29ClFN3O4S. The van der Waals surface area contributed by atoms with Gasteiger partial charge in [-0.3, -0.25) is 13.9 Å². The quantitative estimate of drug-likeness (QED) is 0.403. The molecule has 0 radical (unpaired) electrons. The van der Waals surface area contributed by atoms with Crippen molar-refractivity contribution in [2.75, 3.05) is 10.8 Å². The molecule has 1 N–H and O–H groups in total. The molecule has 3 aromatic carbocycles. The van der Waals surface area contributed by atoms with Gasteiger partial charge < -0.3 is 10.2 Å². The van der Waals surface area contributed by atoms with Gasteiger partial charge in [0.2, 0.25) is 11.8 Å². The second kappa shape index (κ2) is 12.2. The monoisotopic (exact) mass is 545 g/mol. The van der Waals surface area contributed by atoms with Gasteiger partial charge in [-0.15, -0.1) is 0 Å². The third-order valence-corrected chi connectivity index (χ3v) is 7.78. The Morgan fingerprint density at radius 3 is 2.11 bits per heavy atom. The highest BCUT2D eigenvalue weighted by Crippen LogP contribution is 2.25. The van der Waals surface area contributed by atoms with E-state index in [1.54, 1.807) is 75.4 Å². The Bertz CT molecular complexity index is 1340. The number of nitrogens with zero attached hydrogens (tertiary/aromatic N) is 2. The molecule has 1 atom stereocenters. The SMILES string of the molecule is CC(C)NC(=O)[C@H](C)N(Cc1ccccc1Cl)C(=O)CN(c1ccccc1)S(=O)(=O)c1ccc(F)cc1. The molecular weight excluding hydrogens is 517 g/mol. The lowest BCUT2D eigenvalue weighted by molar-refractivity contribution is -0.139. The van der Waals surface area contributed by atoms with E-state index in [0.29, 0.717) is 10.6 Å². The van der Waals surface area contributed by atoms with Crippen LogP contribution in [-0.4, -0.2) is 43.8 Å². The molecule has 3 aromatic rings. The van der Waals surface area contributed by atoms with E-state index in [4.69, 9.17) is 11.6 Å². The molecule has 7 nitrogen and oxygen atoms in total. The van der Waals surface area contributed by atoms with Gasteiger partial charge >= 0.3 is 0 Å². The number of para-hydroxylation sites is 1. The molecule has 2 amide bonds. The second-order valence-electron chi connectivity index (χ2n) is 8.75. The van der Waals surface area contributed by atoms with Crippen LogP contribution in [0, 0.1) is 5.82 Å². The maximum atomic E-state index is 13.7. The highest BCUT2D eigenvalue weighted by Gasteiger charge is 2.32. The van der Waals surface area contributed by atoms with Crippen molar-refractivity contribution in [3.63, 3.8) is 0 Å². The van der Waals surface area contributed by atoms with E-state index in [0.717, 1.165) is 28.6 Å². The Labute approximate surface area is 221 Å². The smallest absolute Gasteiger partial charge is 0.264 e. The number of halogens is 2. The van der Waals surface area contributed by atoms with Crippen molar-refractivity contribution in [2.24, 2.45) is 0 Å². The van der Waals surface area contributed by atoms with Crippen molar-refractivity contribution in [3.8, 4) is 0 Å². The summed E-state index contributed by atoms with van der Waals surface area (Å²) in [5, 5.41) is 3.20. The first kappa shape index (κ1) is 28.1. The number of carbonyl (C=O) groups excluding carboxylic acids is 2. The number of rotatable bonds is 10. The summed E-state index contributed by atoms with van der Waals surface area (Å²) in [6.07, 6.45) is 0. The maximum absolute atomic E-state index is 13.7. The summed E-state index contributed by atoms with van der Waals surface area (Å²) in [4.78, 5) is 27.7. The number of hydrogen-bond donors (Lipinski definition) is 1. The van der Waals surface area contributed by atoms with Crippen LogP contribution in [0.1, 0.15) is 26.3 Å². The number of benzene rings is 3. The molecule has 0 saturated carbocycles. The molecule has 0 aliphatic heterocycles. The second-order valence-corrected chi connectivity index (χ2v) is 11.0. The zero-order chi connectivity index (χ0) is 27.2. The largest absolute Gasteiger partial charge is 0.352 e. The third kappa shape index (κ3) is 7.08. The van der Waals surface area contributed by atoms with Gasteiger partial charge in [0, 0.05) is 17.6 Å². The lowest BCUT2D eigenvalue weighted by Crippen LogP contribution is -2.52. The van der Waals surface area contributed by atoms with Crippen molar-refractivity contribution in [3.05, 3.63) is 95.3 Å². The Morgan fingerprint density at radius 2 is 1.51 bits per heavy atom. The molecule has 10 heteroatoms. The van der Waals surface area contributed by atoms with Crippen LogP contribution in [0.4, 0.5) is 10.1 Å². The van der Waals surface area contributed by atoms with E-state index >= 15 is 0 Å². The van der Waals surface area contributed by atoms with E-state index in [1.165, 1.54) is 4.90 Å². The van der Waals surface area contributed by atoms with Crippen LogP contribution in [0.3, 0.4) is 0 Å². The topological polar surface area (TPSA) is 86.8 Å². The van der Waals surface area contributed by atoms with Gasteiger partial charge in [0.25, 0.3) is 10.0 Å². The highest BCUT2D eigenvalue weighted by molar-refractivity contribution is 7.92. The van der Waals surface area contributed by atoms with Gasteiger partial charge in [0.05, 0.1) is 10.6 Å². The number of nitrogens with one attached hydrogen (secondary N) is 1. The standard InChI is InChI=1S/C27H29ClFN3O4S/c1-19(2)30-27(34)20(3)31(17-21-9-7-8-12-25(21)28)26(33)18-32(23-10-5-4-6-11-23)37(35,36)24-15-13-22(29)14-16-24/h4-16,19-20H,17-18H2,1-3H3,(H,30,34)/t20-/m0/s1. The minimum Gasteiger partial charge on any atom is -0.352 e. The summed E-state index contributed by atoms with van der Waals surface area (Å²) in [7, 11) is -4.25. The van der Waals surface area contributed by atoms with Gasteiger partial charge in [0.15, 0.2) is 0 Å². The predicted molar refractivity (Wildman–Crippen MR) is 142 cm³/mol. The molecule has 0 fully saturated rings. The van der Waals surface area contributed by atoms with Crippen molar-refractivity contribution >= 4 is 39.1 Å². The molecule has 0 saturated heterocycles. The van der Waals surface area contributed by atoms with Crippen LogP contribution in [0.5, 0.6) is 0 Å². The summed E-state index contributed by atoms with van der Waals surface area (Å²) >= 11 is 6.33. The van der Waals surface area contributed by atoms with E-state index < -0.39 is 34.3 Å². The van der Waals surface area contributed by atoms with E-state index in [9.17, 15) is 22.4 Å². The number of hydrogen-bond acceptors (Lipinski definition) is 4. The van der Waals surface area contributed by atoms with Crippen LogP contribution >= 0.6 is 11.6 Å². The minimum atomic E-state index is -4.25. The predicted octanol–water partition coefficient (Wildman–Crippen LogP) is 4.62. The molecule has 0 unspecified atom stereocenters. The summed E-state index contributed by atoms with van der Waals surface area (Å²) < 4.78 is 41.6. The van der Waals surface area contributed by atoms with Crippen molar-refractivity contribution in [1.29, 1.82) is 0 Å². The first-order valence-electron chi connectivity index (χ1n) is 11.7. The molecule has 0 aliphatic carbocycles. The Hall–Kier alpha value is -3.43. The van der Waals surface area contributed by atoms with Gasteiger partial charge in [0.1, 0.15) is 18.4 Å². The van der Waals surface area contributed by atoms with Crippen molar-refractivity contribution in [2.45, 2.75) is 44.3 Å². The normalized spacial score (nSPS) is 12.2.